The molecule has 26 heavy (non-hydrogen) atoms. The van der Waals surface area contributed by atoms with Crippen LogP contribution in [0.3, 0.4) is 0 Å². The molecule has 0 unspecified atom stereocenters. The summed E-state index contributed by atoms with van der Waals surface area (Å²) in [7, 11) is 1.50. The Bertz CT molecular complexity index is 719. The van der Waals surface area contributed by atoms with E-state index in [9.17, 15) is 8.42 Å². The number of nitrogens with zero attached hydrogens (tertiary/aromatic N) is 2. The Morgan fingerprint density at radius 2 is 2.00 bits per heavy atom. The summed E-state index contributed by atoms with van der Waals surface area (Å²) in [5.74, 6) is 1.47. The van der Waals surface area contributed by atoms with Crippen molar-refractivity contribution in [3.05, 3.63) is 17.0 Å². The third kappa shape index (κ3) is 5.20. The van der Waals surface area contributed by atoms with Gasteiger partial charge in [0.25, 0.3) is 10.0 Å². The summed E-state index contributed by atoms with van der Waals surface area (Å²) in [6.45, 7) is 6.06. The molecule has 0 radical (unpaired) electrons. The lowest BCUT2D eigenvalue weighted by Gasteiger charge is -2.43. The van der Waals surface area contributed by atoms with Gasteiger partial charge in [-0.25, -0.2) is 12.7 Å². The van der Waals surface area contributed by atoms with Gasteiger partial charge in [-0.2, -0.15) is 0 Å². The summed E-state index contributed by atoms with van der Waals surface area (Å²) in [5.41, 5.74) is 0.404. The number of hydrogen-bond donors (Lipinski definition) is 2. The fourth-order valence-corrected chi connectivity index (χ4v) is 5.89. The van der Waals surface area contributed by atoms with Crippen LogP contribution >= 0.6 is 11.3 Å². The molecular formula is C18H32N4O2S2. The second kappa shape index (κ2) is 8.71. The second-order valence-corrected chi connectivity index (χ2v) is 11.3. The molecule has 0 saturated heterocycles. The van der Waals surface area contributed by atoms with Gasteiger partial charge in [0.2, 0.25) is 0 Å². The number of aliphatic imine (C=N–C) groups is 1. The molecule has 1 aromatic rings. The normalized spacial score (nSPS) is 17.4. The highest BCUT2D eigenvalue weighted by atomic mass is 32.2. The van der Waals surface area contributed by atoms with E-state index in [0.29, 0.717) is 22.1 Å². The fourth-order valence-electron chi connectivity index (χ4n) is 3.43. The van der Waals surface area contributed by atoms with E-state index in [4.69, 9.17) is 0 Å². The highest BCUT2D eigenvalue weighted by Gasteiger charge is 2.37. The van der Waals surface area contributed by atoms with Crippen molar-refractivity contribution in [1.82, 2.24) is 14.9 Å². The van der Waals surface area contributed by atoms with Gasteiger partial charge >= 0.3 is 0 Å². The van der Waals surface area contributed by atoms with Crippen LogP contribution in [0.4, 0.5) is 0 Å². The standard InChI is InChI=1S/C18H32N4O2S2/c1-14(2)11-18(9-6-10-18)13-21-17(19-3)20-12-15-7-8-16(25-15)26(23,24)22(4)5/h7-8,14H,6,9-13H2,1-5H3,(H2,19,20,21). The van der Waals surface area contributed by atoms with Crippen molar-refractivity contribution in [2.24, 2.45) is 16.3 Å². The summed E-state index contributed by atoms with van der Waals surface area (Å²) in [6, 6.07) is 3.52. The number of sulfonamides is 1. The van der Waals surface area contributed by atoms with E-state index < -0.39 is 10.0 Å². The lowest BCUT2D eigenvalue weighted by molar-refractivity contribution is 0.104. The van der Waals surface area contributed by atoms with Crippen molar-refractivity contribution in [1.29, 1.82) is 0 Å². The number of nitrogens with one attached hydrogen (secondary N) is 2. The van der Waals surface area contributed by atoms with Crippen molar-refractivity contribution in [2.75, 3.05) is 27.7 Å². The van der Waals surface area contributed by atoms with E-state index in [1.54, 1.807) is 27.2 Å². The Kier molecular flexibility index (Phi) is 7.10. The number of rotatable bonds is 8. The second-order valence-electron chi connectivity index (χ2n) is 7.74. The lowest BCUT2D eigenvalue weighted by atomic mass is 9.64. The molecule has 1 heterocycles. The largest absolute Gasteiger partial charge is 0.356 e. The molecule has 1 aromatic heterocycles. The molecule has 1 aliphatic rings. The maximum atomic E-state index is 12.2. The van der Waals surface area contributed by atoms with Gasteiger partial charge in [0.05, 0.1) is 6.54 Å². The first kappa shape index (κ1) is 21.2. The van der Waals surface area contributed by atoms with Crippen LogP contribution in [0.5, 0.6) is 0 Å². The van der Waals surface area contributed by atoms with Crippen molar-refractivity contribution in [2.45, 2.75) is 50.3 Å². The first-order valence-electron chi connectivity index (χ1n) is 9.14. The molecule has 0 aromatic carbocycles. The van der Waals surface area contributed by atoms with Gasteiger partial charge in [-0.05, 0) is 42.7 Å². The highest BCUT2D eigenvalue weighted by Crippen LogP contribution is 2.45. The van der Waals surface area contributed by atoms with Crippen molar-refractivity contribution in [3.63, 3.8) is 0 Å². The van der Waals surface area contributed by atoms with Gasteiger partial charge in [0.15, 0.2) is 5.96 Å². The van der Waals surface area contributed by atoms with E-state index >= 15 is 0 Å². The Hall–Kier alpha value is -1.12. The minimum atomic E-state index is -3.36. The third-order valence-corrected chi connectivity index (χ3v) is 8.28. The zero-order valence-electron chi connectivity index (χ0n) is 16.5. The van der Waals surface area contributed by atoms with Crippen LogP contribution in [0.2, 0.25) is 0 Å². The summed E-state index contributed by atoms with van der Waals surface area (Å²) in [5, 5.41) is 6.75. The topological polar surface area (TPSA) is 73.8 Å². The molecule has 0 spiro atoms. The van der Waals surface area contributed by atoms with Crippen LogP contribution in [0.25, 0.3) is 0 Å². The summed E-state index contributed by atoms with van der Waals surface area (Å²) < 4.78 is 25.9. The molecule has 2 rings (SSSR count). The number of guanidine groups is 1. The van der Waals surface area contributed by atoms with Gasteiger partial charge in [-0.15, -0.1) is 11.3 Å². The Labute approximate surface area is 162 Å². The Balaban J connectivity index is 1.89. The molecule has 0 aliphatic heterocycles. The first-order chi connectivity index (χ1) is 12.2. The van der Waals surface area contributed by atoms with Crippen molar-refractivity contribution < 1.29 is 8.42 Å². The van der Waals surface area contributed by atoms with E-state index in [2.05, 4.69) is 29.5 Å². The predicted molar refractivity (Wildman–Crippen MR) is 109 cm³/mol. The molecule has 6 nitrogen and oxygen atoms in total. The fraction of sp³-hybridized carbons (Fsp3) is 0.722. The smallest absolute Gasteiger partial charge is 0.252 e. The van der Waals surface area contributed by atoms with Crippen molar-refractivity contribution >= 4 is 27.3 Å². The van der Waals surface area contributed by atoms with Crippen LogP contribution in [0, 0.1) is 11.3 Å². The SMILES string of the molecule is CN=C(NCc1ccc(S(=O)(=O)N(C)C)s1)NCC1(CC(C)C)CCC1. The quantitative estimate of drug-likeness (QED) is 0.520. The summed E-state index contributed by atoms with van der Waals surface area (Å²) in [6.07, 6.45) is 5.13. The van der Waals surface area contributed by atoms with Crippen LogP contribution in [0.15, 0.2) is 21.3 Å². The Morgan fingerprint density at radius 3 is 2.50 bits per heavy atom. The van der Waals surface area contributed by atoms with E-state index in [1.807, 2.05) is 6.07 Å². The molecule has 148 valence electrons. The van der Waals surface area contributed by atoms with Crippen LogP contribution in [-0.4, -0.2) is 46.4 Å². The van der Waals surface area contributed by atoms with E-state index in [1.165, 1.54) is 41.3 Å². The zero-order chi connectivity index (χ0) is 19.4. The maximum absolute atomic E-state index is 12.2. The first-order valence-corrected chi connectivity index (χ1v) is 11.4. The van der Waals surface area contributed by atoms with Gasteiger partial charge in [0, 0.05) is 32.6 Å². The molecule has 1 aliphatic carbocycles. The molecule has 1 saturated carbocycles. The zero-order valence-corrected chi connectivity index (χ0v) is 18.1. The molecule has 2 N–H and O–H groups in total. The molecule has 1 fully saturated rings. The number of thiophene rings is 1. The molecule has 0 amide bonds. The van der Waals surface area contributed by atoms with Crippen molar-refractivity contribution in [3.8, 4) is 0 Å². The van der Waals surface area contributed by atoms with Gasteiger partial charge in [0.1, 0.15) is 4.21 Å². The molecule has 0 bridgehead atoms. The summed E-state index contributed by atoms with van der Waals surface area (Å²) >= 11 is 1.29. The molecule has 8 heteroatoms. The molecule has 0 atom stereocenters. The summed E-state index contributed by atoms with van der Waals surface area (Å²) in [4.78, 5) is 5.27. The lowest BCUT2D eigenvalue weighted by Crippen LogP contribution is -2.46. The maximum Gasteiger partial charge on any atom is 0.252 e. The van der Waals surface area contributed by atoms with E-state index in [0.717, 1.165) is 17.4 Å². The molecular weight excluding hydrogens is 368 g/mol. The van der Waals surface area contributed by atoms with Gasteiger partial charge in [-0.3, -0.25) is 4.99 Å². The average Bonchev–Trinajstić information content (AvgIpc) is 3.01. The van der Waals surface area contributed by atoms with E-state index in [-0.39, 0.29) is 0 Å². The predicted octanol–water partition coefficient (Wildman–Crippen LogP) is 2.88. The minimum Gasteiger partial charge on any atom is -0.356 e. The minimum absolute atomic E-state index is 0.368. The van der Waals surface area contributed by atoms with Gasteiger partial charge < -0.3 is 10.6 Å². The highest BCUT2D eigenvalue weighted by molar-refractivity contribution is 7.91. The van der Waals surface area contributed by atoms with Crippen LogP contribution in [0.1, 0.15) is 44.4 Å². The monoisotopic (exact) mass is 400 g/mol. The van der Waals surface area contributed by atoms with Crippen LogP contribution in [-0.2, 0) is 16.6 Å². The number of hydrogen-bond acceptors (Lipinski definition) is 4. The average molecular weight is 401 g/mol. The van der Waals surface area contributed by atoms with Gasteiger partial charge in [-0.1, -0.05) is 20.3 Å². The Morgan fingerprint density at radius 1 is 1.31 bits per heavy atom. The third-order valence-electron chi connectivity index (χ3n) is 4.91. The van der Waals surface area contributed by atoms with Crippen LogP contribution < -0.4 is 10.6 Å².